The lowest BCUT2D eigenvalue weighted by Crippen LogP contribution is -2.21. The molecule has 3 heterocycles. The molecule has 1 aliphatic heterocycles. The van der Waals surface area contributed by atoms with E-state index < -0.39 is 11.9 Å². The molecule has 0 saturated carbocycles. The van der Waals surface area contributed by atoms with E-state index in [4.69, 9.17) is 5.73 Å². The lowest BCUT2D eigenvalue weighted by Gasteiger charge is -2.15. The molecule has 8 heteroatoms. The summed E-state index contributed by atoms with van der Waals surface area (Å²) in [7, 11) is 0. The zero-order valence-corrected chi connectivity index (χ0v) is 15.1. The van der Waals surface area contributed by atoms with Gasteiger partial charge in [0.2, 0.25) is 5.95 Å². The van der Waals surface area contributed by atoms with Gasteiger partial charge in [-0.3, -0.25) is 4.79 Å². The monoisotopic (exact) mass is 378 g/mol. The Balaban J connectivity index is 1.52. The minimum absolute atomic E-state index is 0.205. The van der Waals surface area contributed by atoms with Gasteiger partial charge in [0.05, 0.1) is 11.4 Å². The number of halogens is 1. The Morgan fingerprint density at radius 2 is 1.82 bits per heavy atom. The van der Waals surface area contributed by atoms with Gasteiger partial charge in [-0.1, -0.05) is 6.07 Å². The maximum absolute atomic E-state index is 13.0. The summed E-state index contributed by atoms with van der Waals surface area (Å²) in [4.78, 5) is 18.3. The minimum atomic E-state index is -0.552. The van der Waals surface area contributed by atoms with Crippen molar-refractivity contribution in [1.82, 2.24) is 15.2 Å². The molecule has 0 bridgehead atoms. The van der Waals surface area contributed by atoms with E-state index in [1.807, 2.05) is 0 Å². The maximum atomic E-state index is 13.0. The summed E-state index contributed by atoms with van der Waals surface area (Å²) < 4.78 is 13.0. The number of benzene rings is 1. The average molecular weight is 378 g/mol. The number of aromatic nitrogens is 3. The van der Waals surface area contributed by atoms with Crippen molar-refractivity contribution in [2.24, 2.45) is 0 Å². The molecule has 28 heavy (non-hydrogen) atoms. The number of amides is 1. The Labute approximate surface area is 161 Å². The van der Waals surface area contributed by atoms with E-state index in [1.165, 1.54) is 12.3 Å². The SMILES string of the molecule is Nc1ccc(-c2ccc(F)nc2)cc1NC(=O)c1ccc(N2CCCC2)nn1. The molecule has 3 N–H and O–H groups in total. The van der Waals surface area contributed by atoms with Gasteiger partial charge in [-0.15, -0.1) is 10.2 Å². The average Bonchev–Trinajstić information content (AvgIpc) is 3.25. The van der Waals surface area contributed by atoms with E-state index in [1.54, 1.807) is 36.4 Å². The van der Waals surface area contributed by atoms with E-state index in [0.29, 0.717) is 16.9 Å². The number of nitrogens with one attached hydrogen (secondary N) is 1. The van der Waals surface area contributed by atoms with Crippen LogP contribution in [0, 0.1) is 5.95 Å². The van der Waals surface area contributed by atoms with Gasteiger partial charge in [0.25, 0.3) is 5.91 Å². The smallest absolute Gasteiger partial charge is 0.276 e. The van der Waals surface area contributed by atoms with E-state index in [-0.39, 0.29) is 5.69 Å². The van der Waals surface area contributed by atoms with Crippen molar-refractivity contribution in [1.29, 1.82) is 0 Å². The Morgan fingerprint density at radius 3 is 2.50 bits per heavy atom. The highest BCUT2D eigenvalue weighted by atomic mass is 19.1. The van der Waals surface area contributed by atoms with Crippen LogP contribution in [0.3, 0.4) is 0 Å². The molecule has 1 fully saturated rings. The van der Waals surface area contributed by atoms with Crippen molar-refractivity contribution in [3.63, 3.8) is 0 Å². The molecule has 1 saturated heterocycles. The molecule has 3 aromatic rings. The lowest BCUT2D eigenvalue weighted by molar-refractivity contribution is 0.102. The van der Waals surface area contributed by atoms with Gasteiger partial charge in [-0.2, -0.15) is 4.39 Å². The normalized spacial score (nSPS) is 13.5. The first kappa shape index (κ1) is 17.8. The topological polar surface area (TPSA) is 97.0 Å². The quantitative estimate of drug-likeness (QED) is 0.535. The Kier molecular flexibility index (Phi) is 4.84. The van der Waals surface area contributed by atoms with Gasteiger partial charge in [0, 0.05) is 24.8 Å². The largest absolute Gasteiger partial charge is 0.397 e. The zero-order chi connectivity index (χ0) is 19.5. The van der Waals surface area contributed by atoms with Crippen molar-refractivity contribution in [2.75, 3.05) is 29.0 Å². The van der Waals surface area contributed by atoms with Crippen LogP contribution in [-0.2, 0) is 0 Å². The summed E-state index contributed by atoms with van der Waals surface area (Å²) in [6.45, 7) is 1.92. The number of rotatable bonds is 4. The molecular formula is C20H19FN6O. The van der Waals surface area contributed by atoms with E-state index in [2.05, 4.69) is 25.4 Å². The van der Waals surface area contributed by atoms with E-state index in [0.717, 1.165) is 37.3 Å². The predicted molar refractivity (Wildman–Crippen MR) is 105 cm³/mol. The molecule has 4 rings (SSSR count). The molecule has 7 nitrogen and oxygen atoms in total. The first-order valence-electron chi connectivity index (χ1n) is 9.01. The van der Waals surface area contributed by atoms with Crippen LogP contribution in [0.5, 0.6) is 0 Å². The molecule has 0 atom stereocenters. The minimum Gasteiger partial charge on any atom is -0.397 e. The summed E-state index contributed by atoms with van der Waals surface area (Å²) in [6.07, 6.45) is 3.71. The second-order valence-corrected chi connectivity index (χ2v) is 6.60. The number of pyridine rings is 1. The molecule has 1 aromatic carbocycles. The molecule has 2 aromatic heterocycles. The molecule has 0 aliphatic carbocycles. The molecule has 0 unspecified atom stereocenters. The summed E-state index contributed by atoms with van der Waals surface area (Å²) >= 11 is 0. The van der Waals surface area contributed by atoms with Crippen molar-refractivity contribution in [3.8, 4) is 11.1 Å². The van der Waals surface area contributed by atoms with Crippen LogP contribution < -0.4 is 16.0 Å². The highest BCUT2D eigenvalue weighted by Crippen LogP contribution is 2.27. The molecular weight excluding hydrogens is 359 g/mol. The highest BCUT2D eigenvalue weighted by Gasteiger charge is 2.16. The summed E-state index contributed by atoms with van der Waals surface area (Å²) in [5, 5.41) is 11.0. The second-order valence-electron chi connectivity index (χ2n) is 6.60. The molecule has 1 amide bonds. The van der Waals surface area contributed by atoms with E-state index in [9.17, 15) is 9.18 Å². The molecule has 0 spiro atoms. The Morgan fingerprint density at radius 1 is 1.04 bits per heavy atom. The third-order valence-corrected chi connectivity index (χ3v) is 4.68. The summed E-state index contributed by atoms with van der Waals surface area (Å²) in [6, 6.07) is 11.5. The van der Waals surface area contributed by atoms with Gasteiger partial charge in [0.1, 0.15) is 0 Å². The molecule has 1 aliphatic rings. The first-order valence-corrected chi connectivity index (χ1v) is 9.01. The second kappa shape index (κ2) is 7.59. The molecule has 0 radical (unpaired) electrons. The molecule has 142 valence electrons. The van der Waals surface area contributed by atoms with Crippen LogP contribution in [-0.4, -0.2) is 34.2 Å². The van der Waals surface area contributed by atoms with Crippen LogP contribution in [0.15, 0.2) is 48.7 Å². The Hall–Kier alpha value is -3.55. The standard InChI is InChI=1S/C20H19FN6O/c21-18-7-4-14(12-23-18)13-3-5-15(22)17(11-13)24-20(28)16-6-8-19(26-25-16)27-9-1-2-10-27/h3-8,11-12H,1-2,9-10,22H2,(H,24,28). The summed E-state index contributed by atoms with van der Waals surface area (Å²) in [5.41, 5.74) is 8.52. The van der Waals surface area contributed by atoms with Crippen LogP contribution in [0.25, 0.3) is 11.1 Å². The fraction of sp³-hybridized carbons (Fsp3) is 0.200. The van der Waals surface area contributed by atoms with Crippen molar-refractivity contribution >= 4 is 23.1 Å². The number of nitrogens with zero attached hydrogens (tertiary/aromatic N) is 4. The van der Waals surface area contributed by atoms with Gasteiger partial charge in [0.15, 0.2) is 11.5 Å². The van der Waals surface area contributed by atoms with Gasteiger partial charge in [-0.25, -0.2) is 4.98 Å². The van der Waals surface area contributed by atoms with Crippen LogP contribution in [0.4, 0.5) is 21.6 Å². The zero-order valence-electron chi connectivity index (χ0n) is 15.1. The number of nitrogen functional groups attached to an aromatic ring is 1. The van der Waals surface area contributed by atoms with Crippen molar-refractivity contribution < 1.29 is 9.18 Å². The van der Waals surface area contributed by atoms with E-state index >= 15 is 0 Å². The predicted octanol–water partition coefficient (Wildman–Crippen LogP) is 3.11. The fourth-order valence-electron chi connectivity index (χ4n) is 3.14. The van der Waals surface area contributed by atoms with Crippen LogP contribution in [0.2, 0.25) is 0 Å². The number of anilines is 3. The summed E-state index contributed by atoms with van der Waals surface area (Å²) in [5.74, 6) is -0.176. The van der Waals surface area contributed by atoms with Crippen molar-refractivity contribution in [2.45, 2.75) is 12.8 Å². The van der Waals surface area contributed by atoms with Crippen LogP contribution >= 0.6 is 0 Å². The maximum Gasteiger partial charge on any atom is 0.276 e. The number of hydrogen-bond acceptors (Lipinski definition) is 6. The fourth-order valence-corrected chi connectivity index (χ4v) is 3.14. The third kappa shape index (κ3) is 3.75. The lowest BCUT2D eigenvalue weighted by atomic mass is 10.1. The third-order valence-electron chi connectivity index (χ3n) is 4.68. The van der Waals surface area contributed by atoms with Crippen molar-refractivity contribution in [3.05, 3.63) is 60.3 Å². The number of hydrogen-bond donors (Lipinski definition) is 2. The number of nitrogens with two attached hydrogens (primary N) is 1. The van der Waals surface area contributed by atoms with Gasteiger partial charge >= 0.3 is 0 Å². The highest BCUT2D eigenvalue weighted by molar-refractivity contribution is 6.04. The first-order chi connectivity index (χ1) is 13.6. The number of carbonyl (C=O) groups excluding carboxylic acids is 1. The Bertz CT molecular complexity index is 985. The van der Waals surface area contributed by atoms with Gasteiger partial charge < -0.3 is 16.0 Å². The van der Waals surface area contributed by atoms with Gasteiger partial charge in [-0.05, 0) is 54.8 Å². The van der Waals surface area contributed by atoms with Crippen LogP contribution in [0.1, 0.15) is 23.3 Å². The number of carbonyl (C=O) groups is 1.